The molecule has 11 heavy (non-hydrogen) atoms. The van der Waals surface area contributed by atoms with E-state index in [4.69, 9.17) is 10.8 Å². The summed E-state index contributed by atoms with van der Waals surface area (Å²) in [5, 5.41) is 8.59. The number of nitrogens with zero attached hydrogens (tertiary/aromatic N) is 1. The van der Waals surface area contributed by atoms with Gasteiger partial charge in [-0.3, -0.25) is 0 Å². The lowest BCUT2D eigenvalue weighted by Gasteiger charge is -2.07. The maximum Gasteiger partial charge on any atom is 0.217 e. The van der Waals surface area contributed by atoms with Crippen molar-refractivity contribution in [3.05, 3.63) is 29.8 Å². The predicted molar refractivity (Wildman–Crippen MR) is 38.2 cm³/mol. The summed E-state index contributed by atoms with van der Waals surface area (Å²) in [5.74, 6) is -0.617. The standard InChI is InChI=1S/C7H9FN2O/c8-7-5(6(9)4-11)2-1-3-10-7/h1-3,6,11H,4,9H2/t6-/m1/s1. The second-order valence-corrected chi connectivity index (χ2v) is 2.17. The maximum atomic E-state index is 12.7. The summed E-state index contributed by atoms with van der Waals surface area (Å²) in [4.78, 5) is 3.39. The highest BCUT2D eigenvalue weighted by Gasteiger charge is 2.09. The average molecular weight is 156 g/mol. The Kier molecular flexibility index (Phi) is 2.51. The minimum absolute atomic E-state index is 0.245. The van der Waals surface area contributed by atoms with Gasteiger partial charge in [-0.1, -0.05) is 6.07 Å². The number of pyridine rings is 1. The van der Waals surface area contributed by atoms with Crippen molar-refractivity contribution >= 4 is 0 Å². The third-order valence-corrected chi connectivity index (χ3v) is 1.38. The van der Waals surface area contributed by atoms with Crippen LogP contribution in [0.2, 0.25) is 0 Å². The smallest absolute Gasteiger partial charge is 0.217 e. The van der Waals surface area contributed by atoms with Crippen LogP contribution in [0.1, 0.15) is 11.6 Å². The SMILES string of the molecule is N[C@H](CO)c1cccnc1F. The molecule has 1 atom stereocenters. The molecule has 0 bridgehead atoms. The molecule has 0 radical (unpaired) electrons. The minimum atomic E-state index is -0.677. The molecule has 0 aliphatic heterocycles. The molecule has 4 heteroatoms. The van der Waals surface area contributed by atoms with E-state index in [1.807, 2.05) is 0 Å². The van der Waals surface area contributed by atoms with E-state index in [2.05, 4.69) is 4.98 Å². The van der Waals surface area contributed by atoms with Gasteiger partial charge in [-0.05, 0) is 6.07 Å². The van der Waals surface area contributed by atoms with Gasteiger partial charge < -0.3 is 10.8 Å². The molecule has 0 fully saturated rings. The lowest BCUT2D eigenvalue weighted by atomic mass is 10.1. The van der Waals surface area contributed by atoms with Gasteiger partial charge in [-0.15, -0.1) is 0 Å². The number of nitrogens with two attached hydrogens (primary N) is 1. The van der Waals surface area contributed by atoms with Crippen molar-refractivity contribution in [3.8, 4) is 0 Å². The van der Waals surface area contributed by atoms with Crippen molar-refractivity contribution < 1.29 is 9.50 Å². The molecule has 3 nitrogen and oxygen atoms in total. The van der Waals surface area contributed by atoms with Gasteiger partial charge in [-0.25, -0.2) is 4.98 Å². The van der Waals surface area contributed by atoms with Crippen molar-refractivity contribution in [2.75, 3.05) is 6.61 Å². The fourth-order valence-corrected chi connectivity index (χ4v) is 0.773. The first-order valence-corrected chi connectivity index (χ1v) is 3.22. The second kappa shape index (κ2) is 3.41. The number of hydrogen-bond acceptors (Lipinski definition) is 3. The van der Waals surface area contributed by atoms with Crippen molar-refractivity contribution in [1.29, 1.82) is 0 Å². The third-order valence-electron chi connectivity index (χ3n) is 1.38. The summed E-state index contributed by atoms with van der Waals surface area (Å²) in [5.41, 5.74) is 5.61. The second-order valence-electron chi connectivity index (χ2n) is 2.17. The Hall–Kier alpha value is -1.00. The summed E-state index contributed by atoms with van der Waals surface area (Å²) in [6, 6.07) is 2.40. The Morgan fingerprint density at radius 3 is 3.00 bits per heavy atom. The van der Waals surface area contributed by atoms with Gasteiger partial charge in [0.15, 0.2) is 0 Å². The third kappa shape index (κ3) is 1.72. The summed E-state index contributed by atoms with van der Waals surface area (Å²) < 4.78 is 12.7. The van der Waals surface area contributed by atoms with Crippen LogP contribution in [-0.4, -0.2) is 16.7 Å². The van der Waals surface area contributed by atoms with Gasteiger partial charge in [0.05, 0.1) is 12.6 Å². The topological polar surface area (TPSA) is 59.1 Å². The van der Waals surface area contributed by atoms with Gasteiger partial charge in [-0.2, -0.15) is 4.39 Å². The molecule has 1 aromatic rings. The van der Waals surface area contributed by atoms with Crippen LogP contribution in [0.25, 0.3) is 0 Å². The first-order chi connectivity index (χ1) is 5.25. The van der Waals surface area contributed by atoms with E-state index in [9.17, 15) is 4.39 Å². The molecular formula is C7H9FN2O. The summed E-state index contributed by atoms with van der Waals surface area (Å²) in [6.45, 7) is -0.275. The molecule has 60 valence electrons. The molecule has 1 aromatic heterocycles. The molecule has 1 rings (SSSR count). The fraction of sp³-hybridized carbons (Fsp3) is 0.286. The van der Waals surface area contributed by atoms with Crippen LogP contribution < -0.4 is 5.73 Å². The summed E-state index contributed by atoms with van der Waals surface area (Å²) >= 11 is 0. The summed E-state index contributed by atoms with van der Waals surface area (Å²) in [6.07, 6.45) is 1.34. The van der Waals surface area contributed by atoms with E-state index in [0.717, 1.165) is 0 Å². The van der Waals surface area contributed by atoms with Crippen molar-refractivity contribution in [2.45, 2.75) is 6.04 Å². The van der Waals surface area contributed by atoms with E-state index in [-0.39, 0.29) is 12.2 Å². The van der Waals surface area contributed by atoms with E-state index >= 15 is 0 Å². The monoisotopic (exact) mass is 156 g/mol. The van der Waals surface area contributed by atoms with Crippen molar-refractivity contribution in [3.63, 3.8) is 0 Å². The Bertz CT molecular complexity index is 242. The first-order valence-electron chi connectivity index (χ1n) is 3.22. The van der Waals surface area contributed by atoms with Crippen LogP contribution in [-0.2, 0) is 0 Å². The van der Waals surface area contributed by atoms with E-state index < -0.39 is 12.0 Å². The Labute approximate surface area is 63.7 Å². The van der Waals surface area contributed by atoms with Crippen LogP contribution in [0.5, 0.6) is 0 Å². The van der Waals surface area contributed by atoms with Crippen LogP contribution in [0.3, 0.4) is 0 Å². The molecule has 1 heterocycles. The number of halogens is 1. The molecule has 0 saturated heterocycles. The zero-order valence-corrected chi connectivity index (χ0v) is 5.87. The van der Waals surface area contributed by atoms with Crippen molar-refractivity contribution in [2.24, 2.45) is 5.73 Å². The molecule has 0 unspecified atom stereocenters. The van der Waals surface area contributed by atoms with Crippen LogP contribution in [0, 0.1) is 5.95 Å². The summed E-state index contributed by atoms with van der Waals surface area (Å²) in [7, 11) is 0. The highest BCUT2D eigenvalue weighted by atomic mass is 19.1. The zero-order chi connectivity index (χ0) is 8.27. The molecule has 0 aromatic carbocycles. The average Bonchev–Trinajstić information content (AvgIpc) is 2.04. The van der Waals surface area contributed by atoms with E-state index in [1.165, 1.54) is 12.3 Å². The van der Waals surface area contributed by atoms with Gasteiger partial charge in [0.25, 0.3) is 0 Å². The molecule has 0 aliphatic carbocycles. The van der Waals surface area contributed by atoms with Gasteiger partial charge >= 0.3 is 0 Å². The largest absolute Gasteiger partial charge is 0.394 e. The van der Waals surface area contributed by atoms with Crippen molar-refractivity contribution in [1.82, 2.24) is 4.98 Å². The Morgan fingerprint density at radius 2 is 2.45 bits per heavy atom. The highest BCUT2D eigenvalue weighted by Crippen LogP contribution is 2.10. The zero-order valence-electron chi connectivity index (χ0n) is 5.87. The van der Waals surface area contributed by atoms with Gasteiger partial charge in [0, 0.05) is 11.8 Å². The van der Waals surface area contributed by atoms with Gasteiger partial charge in [0.1, 0.15) is 0 Å². The normalized spacial score (nSPS) is 13.0. The lowest BCUT2D eigenvalue weighted by Crippen LogP contribution is -2.16. The first kappa shape index (κ1) is 8.10. The Morgan fingerprint density at radius 1 is 1.73 bits per heavy atom. The van der Waals surface area contributed by atoms with E-state index in [0.29, 0.717) is 0 Å². The van der Waals surface area contributed by atoms with Gasteiger partial charge in [0.2, 0.25) is 5.95 Å². The number of aliphatic hydroxyl groups excluding tert-OH is 1. The lowest BCUT2D eigenvalue weighted by molar-refractivity contribution is 0.264. The predicted octanol–water partition coefficient (Wildman–Crippen LogP) is 0.213. The maximum absolute atomic E-state index is 12.7. The minimum Gasteiger partial charge on any atom is -0.394 e. The molecule has 0 spiro atoms. The highest BCUT2D eigenvalue weighted by molar-refractivity contribution is 5.14. The fourth-order valence-electron chi connectivity index (χ4n) is 0.773. The number of aromatic nitrogens is 1. The molecule has 0 aliphatic rings. The van der Waals surface area contributed by atoms with Crippen LogP contribution in [0.4, 0.5) is 4.39 Å². The van der Waals surface area contributed by atoms with Crippen LogP contribution >= 0.6 is 0 Å². The quantitative estimate of drug-likeness (QED) is 0.602. The molecule has 0 amide bonds. The molecule has 0 saturated carbocycles. The Balaban J connectivity index is 2.93. The van der Waals surface area contributed by atoms with Crippen LogP contribution in [0.15, 0.2) is 18.3 Å². The number of rotatable bonds is 2. The number of hydrogen-bond donors (Lipinski definition) is 2. The van der Waals surface area contributed by atoms with E-state index in [1.54, 1.807) is 6.07 Å². The molecule has 3 N–H and O–H groups in total. The number of aliphatic hydroxyl groups is 1. The molecular weight excluding hydrogens is 147 g/mol.